The third-order valence-electron chi connectivity index (χ3n) is 2.08. The van der Waals surface area contributed by atoms with Gasteiger partial charge in [0.2, 0.25) is 5.71 Å². The van der Waals surface area contributed by atoms with Crippen molar-refractivity contribution >= 4 is 23.0 Å². The van der Waals surface area contributed by atoms with Gasteiger partial charge in [-0.2, -0.15) is 21.0 Å². The van der Waals surface area contributed by atoms with Gasteiger partial charge in [-0.1, -0.05) is 11.6 Å². The van der Waals surface area contributed by atoms with Gasteiger partial charge in [-0.3, -0.25) is 0 Å². The van der Waals surface area contributed by atoms with Crippen molar-refractivity contribution in [3.63, 3.8) is 0 Å². The minimum absolute atomic E-state index is 0.174. The molecule has 0 aromatic heterocycles. The lowest BCUT2D eigenvalue weighted by molar-refractivity contribution is 0.628. The van der Waals surface area contributed by atoms with Gasteiger partial charge in [0.25, 0.3) is 0 Å². The largest absolute Gasteiger partial charge is 0.237 e. The molecule has 0 aliphatic carbocycles. The Bertz CT molecular complexity index is 711. The Hall–Kier alpha value is -3.39. The molecule has 0 heterocycles. The smallest absolute Gasteiger partial charge is 0.237 e. The Kier molecular flexibility index (Phi) is 5.42. The highest BCUT2D eigenvalue weighted by Crippen LogP contribution is 2.23. The molecule has 0 amide bonds. The fourth-order valence-corrected chi connectivity index (χ4v) is 1.35. The number of hydrazone groups is 1. The van der Waals surface area contributed by atoms with Crippen LogP contribution in [0.25, 0.3) is 0 Å². The Morgan fingerprint density at radius 2 is 1.76 bits per heavy atom. The van der Waals surface area contributed by atoms with Crippen LogP contribution >= 0.6 is 11.6 Å². The molecule has 0 fully saturated rings. The van der Waals surface area contributed by atoms with Crippen LogP contribution < -0.4 is 5.01 Å². The molecule has 0 aliphatic heterocycles. The molecule has 0 aliphatic rings. The van der Waals surface area contributed by atoms with Crippen LogP contribution in [-0.4, -0.2) is 5.71 Å². The summed E-state index contributed by atoms with van der Waals surface area (Å²) in [4.78, 5) is 0. The van der Waals surface area contributed by atoms with E-state index in [9.17, 15) is 4.39 Å². The Morgan fingerprint density at radius 3 is 2.24 bits per heavy atom. The monoisotopic (exact) mass is 298 g/mol. The van der Waals surface area contributed by atoms with E-state index in [1.165, 1.54) is 24.3 Å². The number of hydrogen-bond donors (Lipinski definition) is 0. The van der Waals surface area contributed by atoms with Gasteiger partial charge in [0, 0.05) is 0 Å². The van der Waals surface area contributed by atoms with Crippen LogP contribution in [-0.2, 0) is 0 Å². The molecule has 0 saturated carbocycles. The maximum Gasteiger partial charge on any atom is 0.237 e. The molecule has 100 valence electrons. The van der Waals surface area contributed by atoms with Gasteiger partial charge in [0.05, 0.1) is 16.9 Å². The van der Waals surface area contributed by atoms with Crippen LogP contribution in [0.5, 0.6) is 0 Å². The van der Waals surface area contributed by atoms with E-state index in [-0.39, 0.29) is 16.3 Å². The van der Waals surface area contributed by atoms with E-state index < -0.39 is 11.5 Å². The molecule has 6 nitrogen and oxygen atoms in total. The highest BCUT2D eigenvalue weighted by Gasteiger charge is 2.09. The number of nitriles is 4. The van der Waals surface area contributed by atoms with Gasteiger partial charge in [0.15, 0.2) is 0 Å². The fraction of sp³-hybridized carbons (Fsp3) is 0. The summed E-state index contributed by atoms with van der Waals surface area (Å²) < 4.78 is 13.1. The van der Waals surface area contributed by atoms with Crippen molar-refractivity contribution in [2.45, 2.75) is 0 Å². The minimum atomic E-state index is -0.671. The molecule has 0 saturated heterocycles. The molecule has 1 aromatic rings. The average molecular weight is 299 g/mol. The van der Waals surface area contributed by atoms with E-state index in [1.54, 1.807) is 12.1 Å². The summed E-state index contributed by atoms with van der Waals surface area (Å²) in [6, 6.07) is 9.76. The van der Waals surface area contributed by atoms with Crippen LogP contribution in [0.4, 0.5) is 10.1 Å². The Morgan fingerprint density at radius 1 is 1.14 bits per heavy atom. The molecular formula is C13H4ClFN6. The van der Waals surface area contributed by atoms with Crippen molar-refractivity contribution in [1.29, 1.82) is 21.0 Å². The summed E-state index contributed by atoms with van der Waals surface area (Å²) in [5, 5.41) is 39.2. The maximum absolute atomic E-state index is 13.1. The van der Waals surface area contributed by atoms with Crippen LogP contribution in [0, 0.1) is 51.1 Å². The molecule has 0 atom stereocenters. The van der Waals surface area contributed by atoms with Gasteiger partial charge in [-0.15, -0.1) is 5.10 Å². The van der Waals surface area contributed by atoms with Gasteiger partial charge >= 0.3 is 0 Å². The zero-order valence-corrected chi connectivity index (χ0v) is 11.0. The number of allylic oxidation sites excluding steroid dienone is 1. The molecule has 0 spiro atoms. The standard InChI is InChI=1S/C13H4ClFN6/c14-12-3-11(1-2-13(12)15)21(8-9(4-16)5-17)20-10(6-18)7-19/h1-3,8H. The quantitative estimate of drug-likeness (QED) is 0.484. The first-order valence-corrected chi connectivity index (χ1v) is 5.58. The lowest BCUT2D eigenvalue weighted by Gasteiger charge is -2.14. The second kappa shape index (κ2) is 7.26. The zero-order chi connectivity index (χ0) is 15.8. The predicted octanol–water partition coefficient (Wildman–Crippen LogP) is 2.62. The van der Waals surface area contributed by atoms with E-state index in [2.05, 4.69) is 5.10 Å². The minimum Gasteiger partial charge on any atom is -0.237 e. The van der Waals surface area contributed by atoms with E-state index in [1.807, 2.05) is 0 Å². The molecule has 1 rings (SSSR count). The number of hydrogen-bond acceptors (Lipinski definition) is 6. The summed E-state index contributed by atoms with van der Waals surface area (Å²) in [5.74, 6) is -0.671. The number of anilines is 1. The van der Waals surface area contributed by atoms with Crippen LogP contribution in [0.1, 0.15) is 0 Å². The summed E-state index contributed by atoms with van der Waals surface area (Å²) in [5.41, 5.74) is -0.663. The lowest BCUT2D eigenvalue weighted by atomic mass is 10.3. The SMILES string of the molecule is N#CC(C#N)=CN(N=C(C#N)C#N)c1ccc(F)c(Cl)c1. The van der Waals surface area contributed by atoms with Crippen molar-refractivity contribution in [3.8, 4) is 24.3 Å². The number of benzene rings is 1. The predicted molar refractivity (Wildman–Crippen MR) is 71.9 cm³/mol. The molecule has 8 heteroatoms. The molecule has 0 N–H and O–H groups in total. The molecule has 0 bridgehead atoms. The summed E-state index contributed by atoms with van der Waals surface area (Å²) in [7, 11) is 0. The summed E-state index contributed by atoms with van der Waals surface area (Å²) >= 11 is 5.64. The first kappa shape index (κ1) is 15.7. The number of halogens is 2. The van der Waals surface area contributed by atoms with Gasteiger partial charge in [-0.05, 0) is 18.2 Å². The van der Waals surface area contributed by atoms with Crippen molar-refractivity contribution in [2.75, 3.05) is 5.01 Å². The van der Waals surface area contributed by atoms with Crippen LogP contribution in [0.3, 0.4) is 0 Å². The molecule has 21 heavy (non-hydrogen) atoms. The van der Waals surface area contributed by atoms with Crippen molar-refractivity contribution in [1.82, 2.24) is 0 Å². The normalized spacial score (nSPS) is 8.29. The molecular weight excluding hydrogens is 295 g/mol. The second-order valence-electron chi connectivity index (χ2n) is 3.38. The number of nitrogens with zero attached hydrogens (tertiary/aromatic N) is 6. The second-order valence-corrected chi connectivity index (χ2v) is 3.79. The van der Waals surface area contributed by atoms with Crippen LogP contribution in [0.2, 0.25) is 5.02 Å². The summed E-state index contributed by atoms with van der Waals surface area (Å²) in [6.07, 6.45) is 0.998. The first-order chi connectivity index (χ1) is 10.0. The van der Waals surface area contributed by atoms with E-state index >= 15 is 0 Å². The van der Waals surface area contributed by atoms with Crippen molar-refractivity contribution < 1.29 is 4.39 Å². The fourth-order valence-electron chi connectivity index (χ4n) is 1.17. The van der Waals surface area contributed by atoms with Crippen LogP contribution in [0.15, 0.2) is 35.1 Å². The highest BCUT2D eigenvalue weighted by atomic mass is 35.5. The summed E-state index contributed by atoms with van der Waals surface area (Å²) in [6.45, 7) is 0. The topological polar surface area (TPSA) is 111 Å². The first-order valence-electron chi connectivity index (χ1n) is 5.20. The maximum atomic E-state index is 13.1. The van der Waals surface area contributed by atoms with E-state index in [0.717, 1.165) is 17.3 Å². The molecule has 0 radical (unpaired) electrons. The van der Waals surface area contributed by atoms with E-state index in [0.29, 0.717) is 0 Å². The molecule has 1 aromatic carbocycles. The average Bonchev–Trinajstić information content (AvgIpc) is 2.50. The lowest BCUT2D eigenvalue weighted by Crippen LogP contribution is -2.12. The third-order valence-corrected chi connectivity index (χ3v) is 2.37. The number of rotatable bonds is 3. The van der Waals surface area contributed by atoms with E-state index in [4.69, 9.17) is 32.6 Å². The Balaban J connectivity index is 3.44. The van der Waals surface area contributed by atoms with Crippen molar-refractivity contribution in [3.05, 3.63) is 40.8 Å². The van der Waals surface area contributed by atoms with Gasteiger partial charge < -0.3 is 0 Å². The van der Waals surface area contributed by atoms with Crippen molar-refractivity contribution in [2.24, 2.45) is 5.10 Å². The van der Waals surface area contributed by atoms with Gasteiger partial charge in [-0.25, -0.2) is 9.40 Å². The van der Waals surface area contributed by atoms with Gasteiger partial charge in [0.1, 0.15) is 35.7 Å². The zero-order valence-electron chi connectivity index (χ0n) is 10.2. The Labute approximate surface area is 124 Å². The third kappa shape index (κ3) is 4.04. The molecule has 0 unspecified atom stereocenters. The highest BCUT2D eigenvalue weighted by molar-refractivity contribution is 6.31.